The first-order valence-corrected chi connectivity index (χ1v) is 9.50. The molecule has 0 spiro atoms. The van der Waals surface area contributed by atoms with Crippen molar-refractivity contribution in [1.29, 1.82) is 0 Å². The minimum absolute atomic E-state index is 0.0741. The number of nitrogens with one attached hydrogen (secondary N) is 2. The molecule has 1 aromatic heterocycles. The molecule has 0 saturated heterocycles. The largest absolute Gasteiger partial charge is 0.491 e. The predicted octanol–water partition coefficient (Wildman–Crippen LogP) is 5.27. The number of hydrogen-bond donors (Lipinski definition) is 2. The highest BCUT2D eigenvalue weighted by Gasteiger charge is 2.13. The Kier molecular flexibility index (Phi) is 6.34. The Bertz CT molecular complexity index is 996. The molecule has 2 amide bonds. The van der Waals surface area contributed by atoms with E-state index in [1.165, 1.54) is 6.26 Å². The van der Waals surface area contributed by atoms with Crippen molar-refractivity contribution in [3.8, 4) is 5.75 Å². The number of rotatable bonds is 7. The van der Waals surface area contributed by atoms with Crippen LogP contribution < -0.4 is 15.4 Å². The van der Waals surface area contributed by atoms with Gasteiger partial charge < -0.3 is 19.8 Å². The Hall–Kier alpha value is -3.54. The van der Waals surface area contributed by atoms with Crippen LogP contribution >= 0.6 is 0 Å². The molecule has 0 aliphatic heterocycles. The van der Waals surface area contributed by atoms with Crippen LogP contribution in [0.3, 0.4) is 0 Å². The maximum Gasteiger partial charge on any atom is 0.291 e. The zero-order chi connectivity index (χ0) is 20.8. The molecule has 0 bridgehead atoms. The summed E-state index contributed by atoms with van der Waals surface area (Å²) in [4.78, 5) is 24.9. The van der Waals surface area contributed by atoms with Gasteiger partial charge in [-0.25, -0.2) is 0 Å². The Balaban J connectivity index is 1.73. The van der Waals surface area contributed by atoms with Crippen molar-refractivity contribution in [2.24, 2.45) is 0 Å². The van der Waals surface area contributed by atoms with Gasteiger partial charge in [-0.3, -0.25) is 9.59 Å². The van der Waals surface area contributed by atoms with Crippen molar-refractivity contribution in [2.75, 3.05) is 10.6 Å². The van der Waals surface area contributed by atoms with E-state index in [0.29, 0.717) is 22.7 Å². The number of carbonyl (C=O) groups excluding carboxylic acids is 2. The van der Waals surface area contributed by atoms with Gasteiger partial charge in [0.05, 0.1) is 12.4 Å². The van der Waals surface area contributed by atoms with E-state index in [-0.39, 0.29) is 23.7 Å². The van der Waals surface area contributed by atoms with Crippen LogP contribution in [0.1, 0.15) is 46.7 Å². The summed E-state index contributed by atoms with van der Waals surface area (Å²) in [5, 5.41) is 5.66. The van der Waals surface area contributed by atoms with Crippen molar-refractivity contribution in [2.45, 2.75) is 33.3 Å². The molecule has 2 aromatic carbocycles. The lowest BCUT2D eigenvalue weighted by molar-refractivity contribution is 0.0995. The lowest BCUT2D eigenvalue weighted by atomic mass is 10.1. The fourth-order valence-corrected chi connectivity index (χ4v) is 2.66. The number of carbonyl (C=O) groups is 2. The van der Waals surface area contributed by atoms with E-state index in [2.05, 4.69) is 10.6 Å². The minimum atomic E-state index is -0.356. The lowest BCUT2D eigenvalue weighted by Crippen LogP contribution is -2.15. The Labute approximate surface area is 169 Å². The standard InChI is InChI=1S/C23H24N2O4/c1-4-16(3)29-19-8-5-7-17(13-19)22(26)25-20-14-18(11-10-15(20)2)24-23(27)21-9-6-12-28-21/h5-14,16H,4H2,1-3H3,(H,24,27)(H,25,26)/t16-/m0/s1. The molecule has 1 heterocycles. The number of furan rings is 1. The van der Waals surface area contributed by atoms with E-state index in [9.17, 15) is 9.59 Å². The molecular formula is C23H24N2O4. The third-order valence-electron chi connectivity index (χ3n) is 4.50. The summed E-state index contributed by atoms with van der Waals surface area (Å²) in [7, 11) is 0. The number of amides is 2. The average Bonchev–Trinajstić information content (AvgIpc) is 3.25. The summed E-state index contributed by atoms with van der Waals surface area (Å²) in [6, 6.07) is 15.6. The van der Waals surface area contributed by atoms with Gasteiger partial charge in [-0.2, -0.15) is 0 Å². The van der Waals surface area contributed by atoms with Crippen molar-refractivity contribution < 1.29 is 18.7 Å². The zero-order valence-electron chi connectivity index (χ0n) is 16.7. The van der Waals surface area contributed by atoms with Crippen molar-refractivity contribution in [3.63, 3.8) is 0 Å². The summed E-state index contributed by atoms with van der Waals surface area (Å²) in [5.74, 6) is 0.265. The Morgan fingerprint density at radius 3 is 2.59 bits per heavy atom. The maximum absolute atomic E-state index is 12.7. The number of benzene rings is 2. The van der Waals surface area contributed by atoms with E-state index < -0.39 is 0 Å². The van der Waals surface area contributed by atoms with Crippen LogP contribution in [0.5, 0.6) is 5.75 Å². The third kappa shape index (κ3) is 5.25. The van der Waals surface area contributed by atoms with Crippen molar-refractivity contribution >= 4 is 23.2 Å². The van der Waals surface area contributed by atoms with E-state index in [0.717, 1.165) is 12.0 Å². The van der Waals surface area contributed by atoms with Gasteiger partial charge in [0.1, 0.15) is 5.75 Å². The highest BCUT2D eigenvalue weighted by atomic mass is 16.5. The van der Waals surface area contributed by atoms with Gasteiger partial charge in [0.25, 0.3) is 11.8 Å². The molecule has 150 valence electrons. The molecule has 0 saturated carbocycles. The van der Waals surface area contributed by atoms with Gasteiger partial charge in [0, 0.05) is 16.9 Å². The highest BCUT2D eigenvalue weighted by Crippen LogP contribution is 2.23. The summed E-state index contributed by atoms with van der Waals surface area (Å²) >= 11 is 0. The van der Waals surface area contributed by atoms with Gasteiger partial charge in [-0.05, 0) is 68.3 Å². The second kappa shape index (κ2) is 9.10. The van der Waals surface area contributed by atoms with Crippen LogP contribution in [0.2, 0.25) is 0 Å². The topological polar surface area (TPSA) is 80.6 Å². The maximum atomic E-state index is 12.7. The molecule has 0 fully saturated rings. The third-order valence-corrected chi connectivity index (χ3v) is 4.50. The molecule has 2 N–H and O–H groups in total. The molecule has 0 aliphatic rings. The molecule has 0 aliphatic carbocycles. The number of aryl methyl sites for hydroxylation is 1. The highest BCUT2D eigenvalue weighted by molar-refractivity contribution is 6.06. The molecule has 0 radical (unpaired) electrons. The van der Waals surface area contributed by atoms with E-state index >= 15 is 0 Å². The van der Waals surface area contributed by atoms with Crippen molar-refractivity contribution in [3.05, 3.63) is 77.7 Å². The molecule has 3 rings (SSSR count). The number of hydrogen-bond acceptors (Lipinski definition) is 4. The van der Waals surface area contributed by atoms with Crippen LogP contribution in [-0.2, 0) is 0 Å². The SMILES string of the molecule is CC[C@H](C)Oc1cccc(C(=O)Nc2cc(NC(=O)c3ccco3)ccc2C)c1. The predicted molar refractivity (Wildman–Crippen MR) is 113 cm³/mol. The van der Waals surface area contributed by atoms with Crippen LogP contribution in [0.4, 0.5) is 11.4 Å². The van der Waals surface area contributed by atoms with Crippen LogP contribution in [0.25, 0.3) is 0 Å². The molecule has 0 unspecified atom stereocenters. The normalized spacial score (nSPS) is 11.6. The second-order valence-corrected chi connectivity index (χ2v) is 6.78. The summed E-state index contributed by atoms with van der Waals surface area (Å²) in [6.07, 6.45) is 2.39. The Morgan fingerprint density at radius 2 is 1.86 bits per heavy atom. The first-order chi connectivity index (χ1) is 14.0. The van der Waals surface area contributed by atoms with Gasteiger partial charge in [0.2, 0.25) is 0 Å². The first-order valence-electron chi connectivity index (χ1n) is 9.50. The second-order valence-electron chi connectivity index (χ2n) is 6.78. The van der Waals surface area contributed by atoms with Crippen LogP contribution in [0, 0.1) is 6.92 Å². The van der Waals surface area contributed by atoms with E-state index in [1.54, 1.807) is 42.5 Å². The summed E-state index contributed by atoms with van der Waals surface area (Å²) in [6.45, 7) is 5.91. The molecule has 6 heteroatoms. The van der Waals surface area contributed by atoms with Gasteiger partial charge >= 0.3 is 0 Å². The molecule has 1 atom stereocenters. The quantitative estimate of drug-likeness (QED) is 0.574. The summed E-state index contributed by atoms with van der Waals surface area (Å²) in [5.41, 5.74) is 2.54. The monoisotopic (exact) mass is 392 g/mol. The molecule has 6 nitrogen and oxygen atoms in total. The fourth-order valence-electron chi connectivity index (χ4n) is 2.66. The number of anilines is 2. The smallest absolute Gasteiger partial charge is 0.291 e. The molecule has 29 heavy (non-hydrogen) atoms. The fraction of sp³-hybridized carbons (Fsp3) is 0.217. The molecular weight excluding hydrogens is 368 g/mol. The van der Waals surface area contributed by atoms with Crippen LogP contribution in [-0.4, -0.2) is 17.9 Å². The first kappa shape index (κ1) is 20.2. The Morgan fingerprint density at radius 1 is 1.03 bits per heavy atom. The van der Waals surface area contributed by atoms with Crippen LogP contribution in [0.15, 0.2) is 65.3 Å². The zero-order valence-corrected chi connectivity index (χ0v) is 16.7. The van der Waals surface area contributed by atoms with E-state index in [1.807, 2.05) is 32.9 Å². The average molecular weight is 392 g/mol. The lowest BCUT2D eigenvalue weighted by Gasteiger charge is -2.14. The van der Waals surface area contributed by atoms with Gasteiger partial charge in [0.15, 0.2) is 5.76 Å². The summed E-state index contributed by atoms with van der Waals surface area (Å²) < 4.78 is 10.9. The van der Waals surface area contributed by atoms with Gasteiger partial charge in [-0.15, -0.1) is 0 Å². The van der Waals surface area contributed by atoms with E-state index in [4.69, 9.17) is 9.15 Å². The number of ether oxygens (including phenoxy) is 1. The molecule has 3 aromatic rings. The van der Waals surface area contributed by atoms with Gasteiger partial charge in [-0.1, -0.05) is 19.1 Å². The minimum Gasteiger partial charge on any atom is -0.491 e. The van der Waals surface area contributed by atoms with Crippen molar-refractivity contribution in [1.82, 2.24) is 0 Å².